The van der Waals surface area contributed by atoms with Gasteiger partial charge in [0, 0.05) is 19.0 Å². The molecule has 1 aromatic rings. The summed E-state index contributed by atoms with van der Waals surface area (Å²) in [7, 11) is 3.30. The molecule has 1 aliphatic rings. The number of nitrogens with zero attached hydrogens (tertiary/aromatic N) is 1. The van der Waals surface area contributed by atoms with E-state index in [0.29, 0.717) is 18.7 Å². The van der Waals surface area contributed by atoms with Crippen LogP contribution in [0.25, 0.3) is 0 Å². The third kappa shape index (κ3) is 2.31. The van der Waals surface area contributed by atoms with Crippen molar-refractivity contribution in [1.82, 2.24) is 4.90 Å². The van der Waals surface area contributed by atoms with Gasteiger partial charge in [0.05, 0.1) is 13.0 Å². The zero-order chi connectivity index (χ0) is 12.4. The van der Waals surface area contributed by atoms with E-state index in [1.165, 1.54) is 13.2 Å². The van der Waals surface area contributed by atoms with Gasteiger partial charge in [0.25, 0.3) is 0 Å². The van der Waals surface area contributed by atoms with E-state index in [1.807, 2.05) is 11.9 Å². The van der Waals surface area contributed by atoms with Gasteiger partial charge in [-0.05, 0) is 18.7 Å². The van der Waals surface area contributed by atoms with E-state index >= 15 is 0 Å². The fourth-order valence-electron chi connectivity index (χ4n) is 2.48. The number of carbonyl (C=O) groups excluding carboxylic acids is 1. The van der Waals surface area contributed by atoms with E-state index in [9.17, 15) is 9.18 Å². The monoisotopic (exact) mass is 237 g/mol. The molecule has 0 bridgehead atoms. The lowest BCUT2D eigenvalue weighted by molar-refractivity contribution is -0.145. The van der Waals surface area contributed by atoms with Gasteiger partial charge in [-0.2, -0.15) is 0 Å². The zero-order valence-corrected chi connectivity index (χ0v) is 10.0. The maximum absolute atomic E-state index is 13.7. The van der Waals surface area contributed by atoms with Gasteiger partial charge in [-0.1, -0.05) is 18.2 Å². The minimum atomic E-state index is -0.276. The number of halogens is 1. The topological polar surface area (TPSA) is 29.5 Å². The Morgan fingerprint density at radius 3 is 2.76 bits per heavy atom. The Bertz CT molecular complexity index is 422. The van der Waals surface area contributed by atoms with Crippen LogP contribution in [0.4, 0.5) is 4.39 Å². The maximum atomic E-state index is 13.7. The smallest absolute Gasteiger partial charge is 0.310 e. The molecular formula is C13H16FNO2. The molecule has 0 aromatic heterocycles. The van der Waals surface area contributed by atoms with Crippen molar-refractivity contribution in [3.8, 4) is 0 Å². The highest BCUT2D eigenvalue weighted by Crippen LogP contribution is 2.33. The summed E-state index contributed by atoms with van der Waals surface area (Å²) in [5.41, 5.74) is 0.604. The molecule has 1 saturated heterocycles. The number of benzene rings is 1. The largest absolute Gasteiger partial charge is 0.469 e. The molecule has 1 aromatic carbocycles. The Morgan fingerprint density at radius 1 is 1.41 bits per heavy atom. The molecule has 2 rings (SSSR count). The number of hydrogen-bond acceptors (Lipinski definition) is 3. The fourth-order valence-corrected chi connectivity index (χ4v) is 2.48. The highest BCUT2D eigenvalue weighted by Gasteiger charge is 2.38. The van der Waals surface area contributed by atoms with Crippen molar-refractivity contribution in [2.75, 3.05) is 27.2 Å². The summed E-state index contributed by atoms with van der Waals surface area (Å²) in [5.74, 6) is -0.903. The lowest BCUT2D eigenvalue weighted by Crippen LogP contribution is -2.23. The molecule has 1 heterocycles. The van der Waals surface area contributed by atoms with Gasteiger partial charge < -0.3 is 9.64 Å². The number of likely N-dealkylation sites (N-methyl/N-ethyl adjacent to an activating group) is 1. The molecule has 0 amide bonds. The lowest BCUT2D eigenvalue weighted by atomic mass is 9.88. The first-order chi connectivity index (χ1) is 8.13. The van der Waals surface area contributed by atoms with Crippen LogP contribution < -0.4 is 0 Å². The van der Waals surface area contributed by atoms with Crippen molar-refractivity contribution in [3.05, 3.63) is 35.6 Å². The van der Waals surface area contributed by atoms with Crippen LogP contribution >= 0.6 is 0 Å². The quantitative estimate of drug-likeness (QED) is 0.732. The first-order valence-electron chi connectivity index (χ1n) is 5.64. The second-order valence-electron chi connectivity index (χ2n) is 4.48. The van der Waals surface area contributed by atoms with Gasteiger partial charge in [-0.25, -0.2) is 4.39 Å². The van der Waals surface area contributed by atoms with Crippen molar-refractivity contribution < 1.29 is 13.9 Å². The predicted molar refractivity (Wildman–Crippen MR) is 62.1 cm³/mol. The molecule has 0 spiro atoms. The highest BCUT2D eigenvalue weighted by atomic mass is 19.1. The summed E-state index contributed by atoms with van der Waals surface area (Å²) < 4.78 is 18.5. The number of carbonyl (C=O) groups is 1. The molecule has 1 aliphatic heterocycles. The first-order valence-corrected chi connectivity index (χ1v) is 5.64. The Labute approximate surface area is 100 Å². The minimum Gasteiger partial charge on any atom is -0.469 e. The molecule has 2 atom stereocenters. The fraction of sp³-hybridized carbons (Fsp3) is 0.462. The maximum Gasteiger partial charge on any atom is 0.310 e. The van der Waals surface area contributed by atoms with E-state index in [0.717, 1.165) is 0 Å². The number of ether oxygens (including phenoxy) is 1. The number of hydrogen-bond donors (Lipinski definition) is 0. The van der Waals surface area contributed by atoms with Gasteiger partial charge in [0.2, 0.25) is 0 Å². The van der Waals surface area contributed by atoms with Crippen molar-refractivity contribution in [2.24, 2.45) is 5.92 Å². The molecule has 0 saturated carbocycles. The van der Waals surface area contributed by atoms with Crippen molar-refractivity contribution in [1.29, 1.82) is 0 Å². The second-order valence-corrected chi connectivity index (χ2v) is 4.48. The Morgan fingerprint density at radius 2 is 2.12 bits per heavy atom. The number of rotatable bonds is 2. The van der Waals surface area contributed by atoms with Gasteiger partial charge >= 0.3 is 5.97 Å². The van der Waals surface area contributed by atoms with Gasteiger partial charge in [0.1, 0.15) is 5.82 Å². The molecule has 0 aliphatic carbocycles. The average Bonchev–Trinajstić information content (AvgIpc) is 2.71. The molecule has 92 valence electrons. The second kappa shape index (κ2) is 4.84. The van der Waals surface area contributed by atoms with Crippen LogP contribution in [0, 0.1) is 11.7 Å². The number of methoxy groups -OCH3 is 1. The van der Waals surface area contributed by atoms with Crippen LogP contribution in [0.3, 0.4) is 0 Å². The third-order valence-electron chi connectivity index (χ3n) is 3.31. The van der Waals surface area contributed by atoms with E-state index in [1.54, 1.807) is 18.2 Å². The summed E-state index contributed by atoms with van der Waals surface area (Å²) in [5, 5.41) is 0. The van der Waals surface area contributed by atoms with Crippen LogP contribution in [-0.4, -0.2) is 38.1 Å². The average molecular weight is 237 g/mol. The summed E-state index contributed by atoms with van der Waals surface area (Å²) in [6, 6.07) is 6.63. The van der Waals surface area contributed by atoms with Crippen LogP contribution in [0.1, 0.15) is 11.5 Å². The summed E-state index contributed by atoms with van der Waals surface area (Å²) >= 11 is 0. The molecule has 17 heavy (non-hydrogen) atoms. The van der Waals surface area contributed by atoms with E-state index in [2.05, 4.69) is 0 Å². The lowest BCUT2D eigenvalue weighted by Gasteiger charge is -2.17. The van der Waals surface area contributed by atoms with Gasteiger partial charge in [-0.3, -0.25) is 4.79 Å². The molecular weight excluding hydrogens is 221 g/mol. The molecule has 4 heteroatoms. The molecule has 1 fully saturated rings. The summed E-state index contributed by atoms with van der Waals surface area (Å²) in [6.07, 6.45) is 0. The molecule has 2 unspecified atom stereocenters. The standard InChI is InChI=1S/C13H16FNO2/c1-15-7-10(11(8-15)13(16)17-2)9-5-3-4-6-12(9)14/h3-6,10-11H,7-8H2,1-2H3. The van der Waals surface area contributed by atoms with Crippen LogP contribution in [0.15, 0.2) is 24.3 Å². The minimum absolute atomic E-state index is 0.117. The first kappa shape index (κ1) is 12.0. The molecule has 3 nitrogen and oxygen atoms in total. The van der Waals surface area contributed by atoms with Crippen molar-refractivity contribution in [2.45, 2.75) is 5.92 Å². The highest BCUT2D eigenvalue weighted by molar-refractivity contribution is 5.74. The van der Waals surface area contributed by atoms with Crippen LogP contribution in [0.2, 0.25) is 0 Å². The Kier molecular flexibility index (Phi) is 3.43. The molecule has 0 N–H and O–H groups in total. The normalized spacial score (nSPS) is 24.9. The van der Waals surface area contributed by atoms with E-state index < -0.39 is 0 Å². The van der Waals surface area contributed by atoms with Crippen molar-refractivity contribution in [3.63, 3.8) is 0 Å². The number of likely N-dealkylation sites (tertiary alicyclic amines) is 1. The number of esters is 1. The van der Waals surface area contributed by atoms with Crippen LogP contribution in [-0.2, 0) is 9.53 Å². The van der Waals surface area contributed by atoms with Gasteiger partial charge in [0.15, 0.2) is 0 Å². The van der Waals surface area contributed by atoms with Crippen LogP contribution in [0.5, 0.6) is 0 Å². The Balaban J connectivity index is 2.30. The molecule has 0 radical (unpaired) electrons. The van der Waals surface area contributed by atoms with E-state index in [4.69, 9.17) is 4.74 Å². The summed E-state index contributed by atoms with van der Waals surface area (Å²) in [4.78, 5) is 13.7. The van der Waals surface area contributed by atoms with Crippen molar-refractivity contribution >= 4 is 5.97 Å². The van der Waals surface area contributed by atoms with Gasteiger partial charge in [-0.15, -0.1) is 0 Å². The summed E-state index contributed by atoms with van der Waals surface area (Å²) in [6.45, 7) is 1.30. The predicted octanol–water partition coefficient (Wildman–Crippen LogP) is 1.64. The van der Waals surface area contributed by atoms with E-state index in [-0.39, 0.29) is 23.6 Å². The third-order valence-corrected chi connectivity index (χ3v) is 3.31. The Hall–Kier alpha value is -1.42. The zero-order valence-electron chi connectivity index (χ0n) is 10.0. The SMILES string of the molecule is COC(=O)C1CN(C)CC1c1ccccc1F.